The van der Waals surface area contributed by atoms with Gasteiger partial charge in [0.05, 0.1) is 10.5 Å². The van der Waals surface area contributed by atoms with Gasteiger partial charge in [0.25, 0.3) is 0 Å². The Kier molecular flexibility index (Phi) is 5.47. The molecule has 0 aliphatic heterocycles. The average molecular weight is 282 g/mol. The monoisotopic (exact) mass is 282 g/mol. The van der Waals surface area contributed by atoms with E-state index in [0.717, 1.165) is 5.56 Å². The Balaban J connectivity index is 2.87. The second kappa shape index (κ2) is 6.67. The van der Waals surface area contributed by atoms with Crippen molar-refractivity contribution in [3.63, 3.8) is 0 Å². The minimum absolute atomic E-state index is 0.00255. The number of aliphatic hydroxyl groups is 1. The van der Waals surface area contributed by atoms with Gasteiger partial charge in [0, 0.05) is 18.7 Å². The summed E-state index contributed by atoms with van der Waals surface area (Å²) in [6.45, 7) is 7.74. The lowest BCUT2D eigenvalue weighted by Gasteiger charge is -2.18. The normalized spacial score (nSPS) is 11.7. The highest BCUT2D eigenvalue weighted by molar-refractivity contribution is 5.48. The fourth-order valence-corrected chi connectivity index (χ4v) is 1.51. The number of benzene rings is 1. The molecule has 0 aromatic heterocycles. The molecule has 6 nitrogen and oxygen atoms in total. The average Bonchev–Trinajstić information content (AvgIpc) is 2.33. The molecule has 112 valence electrons. The van der Waals surface area contributed by atoms with Crippen molar-refractivity contribution in [2.45, 2.75) is 45.9 Å². The molecule has 20 heavy (non-hydrogen) atoms. The highest BCUT2D eigenvalue weighted by Gasteiger charge is 2.20. The van der Waals surface area contributed by atoms with Crippen LogP contribution in [-0.4, -0.2) is 28.3 Å². The molecule has 0 heterocycles. The first kappa shape index (κ1) is 16.4. The number of nitro benzene ring substituents is 1. The summed E-state index contributed by atoms with van der Waals surface area (Å²) in [5.74, 6) is 0.172. The molecule has 0 aliphatic carbocycles. The summed E-state index contributed by atoms with van der Waals surface area (Å²) in [4.78, 5) is 10.6. The SMILES string of the molecule is CC(C)NCc1ccc(OCC(C)(C)O)c([N+](=O)[O-])c1. The van der Waals surface area contributed by atoms with E-state index < -0.39 is 10.5 Å². The molecule has 0 unspecified atom stereocenters. The van der Waals surface area contributed by atoms with Gasteiger partial charge in [0.1, 0.15) is 6.61 Å². The van der Waals surface area contributed by atoms with Gasteiger partial charge in [-0.2, -0.15) is 0 Å². The fraction of sp³-hybridized carbons (Fsp3) is 0.571. The zero-order chi connectivity index (χ0) is 15.3. The zero-order valence-electron chi connectivity index (χ0n) is 12.3. The zero-order valence-corrected chi connectivity index (χ0v) is 12.3. The highest BCUT2D eigenvalue weighted by Crippen LogP contribution is 2.28. The van der Waals surface area contributed by atoms with Crippen LogP contribution in [0.15, 0.2) is 18.2 Å². The minimum Gasteiger partial charge on any atom is -0.484 e. The summed E-state index contributed by atoms with van der Waals surface area (Å²) in [6, 6.07) is 5.15. The maximum atomic E-state index is 11.1. The maximum absolute atomic E-state index is 11.1. The molecule has 6 heteroatoms. The van der Waals surface area contributed by atoms with Crippen LogP contribution in [0.1, 0.15) is 33.3 Å². The summed E-state index contributed by atoms with van der Waals surface area (Å²) < 4.78 is 5.33. The molecule has 1 aromatic carbocycles. The van der Waals surface area contributed by atoms with Crippen molar-refractivity contribution >= 4 is 5.69 Å². The molecule has 0 atom stereocenters. The molecule has 0 amide bonds. The van der Waals surface area contributed by atoms with Crippen molar-refractivity contribution in [2.75, 3.05) is 6.61 Å². The molecule has 0 saturated carbocycles. The van der Waals surface area contributed by atoms with Crippen LogP contribution >= 0.6 is 0 Å². The molecule has 0 bridgehead atoms. The molecule has 0 saturated heterocycles. The van der Waals surface area contributed by atoms with E-state index in [9.17, 15) is 15.2 Å². The lowest BCUT2D eigenvalue weighted by Crippen LogP contribution is -2.28. The number of hydrogen-bond donors (Lipinski definition) is 2. The van der Waals surface area contributed by atoms with Gasteiger partial charge in [-0.25, -0.2) is 0 Å². The van der Waals surface area contributed by atoms with Crippen molar-refractivity contribution < 1.29 is 14.8 Å². The van der Waals surface area contributed by atoms with Crippen LogP contribution < -0.4 is 10.1 Å². The van der Waals surface area contributed by atoms with Gasteiger partial charge in [-0.1, -0.05) is 19.9 Å². The van der Waals surface area contributed by atoms with Crippen LogP contribution in [0.25, 0.3) is 0 Å². The Morgan fingerprint density at radius 3 is 2.60 bits per heavy atom. The largest absolute Gasteiger partial charge is 0.484 e. The molecule has 1 rings (SSSR count). The third-order valence-electron chi connectivity index (χ3n) is 2.52. The Hall–Kier alpha value is -1.66. The third kappa shape index (κ3) is 5.54. The molecule has 2 N–H and O–H groups in total. The van der Waals surface area contributed by atoms with Crippen LogP contribution in [0, 0.1) is 10.1 Å². The number of hydrogen-bond acceptors (Lipinski definition) is 5. The number of nitrogens with one attached hydrogen (secondary N) is 1. The van der Waals surface area contributed by atoms with Gasteiger partial charge in [-0.3, -0.25) is 10.1 Å². The Morgan fingerprint density at radius 2 is 2.10 bits per heavy atom. The summed E-state index contributed by atoms with van der Waals surface area (Å²) in [7, 11) is 0. The summed E-state index contributed by atoms with van der Waals surface area (Å²) in [5.41, 5.74) is -0.301. The van der Waals surface area contributed by atoms with E-state index in [2.05, 4.69) is 5.32 Å². The molecular formula is C14H22N2O4. The molecule has 1 aromatic rings. The van der Waals surface area contributed by atoms with Crippen LogP contribution in [0.2, 0.25) is 0 Å². The Morgan fingerprint density at radius 1 is 1.45 bits per heavy atom. The van der Waals surface area contributed by atoms with E-state index in [-0.39, 0.29) is 18.0 Å². The molecule has 0 aliphatic rings. The number of rotatable bonds is 7. The molecular weight excluding hydrogens is 260 g/mol. The van der Waals surface area contributed by atoms with Crippen LogP contribution in [0.5, 0.6) is 5.75 Å². The quantitative estimate of drug-likeness (QED) is 0.592. The van der Waals surface area contributed by atoms with Crippen molar-refractivity contribution in [3.05, 3.63) is 33.9 Å². The maximum Gasteiger partial charge on any atom is 0.311 e. The third-order valence-corrected chi connectivity index (χ3v) is 2.52. The number of nitro groups is 1. The number of ether oxygens (including phenoxy) is 1. The van der Waals surface area contributed by atoms with Crippen LogP contribution in [-0.2, 0) is 6.54 Å². The predicted octanol–water partition coefficient (Wildman–Crippen LogP) is 2.24. The number of nitrogens with zero attached hydrogens (tertiary/aromatic N) is 1. The smallest absolute Gasteiger partial charge is 0.311 e. The molecule has 0 fully saturated rings. The van der Waals surface area contributed by atoms with Crippen LogP contribution in [0.3, 0.4) is 0 Å². The van der Waals surface area contributed by atoms with E-state index in [1.165, 1.54) is 6.07 Å². The van der Waals surface area contributed by atoms with Gasteiger partial charge in [0.2, 0.25) is 0 Å². The van der Waals surface area contributed by atoms with Crippen molar-refractivity contribution in [1.82, 2.24) is 5.32 Å². The first-order chi connectivity index (χ1) is 9.19. The predicted molar refractivity (Wildman–Crippen MR) is 76.9 cm³/mol. The van der Waals surface area contributed by atoms with Crippen molar-refractivity contribution in [1.29, 1.82) is 0 Å². The van der Waals surface area contributed by atoms with Gasteiger partial charge in [0.15, 0.2) is 5.75 Å². The van der Waals surface area contributed by atoms with Crippen molar-refractivity contribution in [2.24, 2.45) is 0 Å². The highest BCUT2D eigenvalue weighted by atomic mass is 16.6. The molecule has 0 radical (unpaired) electrons. The van der Waals surface area contributed by atoms with Crippen molar-refractivity contribution in [3.8, 4) is 5.75 Å². The van der Waals surface area contributed by atoms with E-state index >= 15 is 0 Å². The lowest BCUT2D eigenvalue weighted by atomic mass is 10.1. The summed E-state index contributed by atoms with van der Waals surface area (Å²) >= 11 is 0. The Bertz CT molecular complexity index is 467. The van der Waals surface area contributed by atoms with Gasteiger partial charge < -0.3 is 15.2 Å². The molecule has 0 spiro atoms. The second-order valence-corrected chi connectivity index (χ2v) is 5.70. The first-order valence-corrected chi connectivity index (χ1v) is 6.55. The second-order valence-electron chi connectivity index (χ2n) is 5.70. The standard InChI is InChI=1S/C14H22N2O4/c1-10(2)15-8-11-5-6-13(12(7-11)16(18)19)20-9-14(3,4)17/h5-7,10,15,17H,8-9H2,1-4H3. The topological polar surface area (TPSA) is 84.6 Å². The minimum atomic E-state index is -1.04. The van der Waals surface area contributed by atoms with E-state index in [4.69, 9.17) is 4.74 Å². The van der Waals surface area contributed by atoms with E-state index in [1.54, 1.807) is 26.0 Å². The van der Waals surface area contributed by atoms with Gasteiger partial charge in [-0.05, 0) is 25.5 Å². The van der Waals surface area contributed by atoms with E-state index in [1.807, 2.05) is 13.8 Å². The first-order valence-electron chi connectivity index (χ1n) is 6.55. The summed E-state index contributed by atoms with van der Waals surface area (Å²) in [5, 5.41) is 23.9. The summed E-state index contributed by atoms with van der Waals surface area (Å²) in [6.07, 6.45) is 0. The lowest BCUT2D eigenvalue weighted by molar-refractivity contribution is -0.386. The fourth-order valence-electron chi connectivity index (χ4n) is 1.51. The van der Waals surface area contributed by atoms with E-state index in [0.29, 0.717) is 12.6 Å². The Labute approximate surface area is 118 Å². The van der Waals surface area contributed by atoms with Gasteiger partial charge in [-0.15, -0.1) is 0 Å². The van der Waals surface area contributed by atoms with Gasteiger partial charge >= 0.3 is 5.69 Å². The van der Waals surface area contributed by atoms with Crippen LogP contribution in [0.4, 0.5) is 5.69 Å².